The summed E-state index contributed by atoms with van der Waals surface area (Å²) in [4.78, 5) is 20.2. The molecule has 4 N–H and O–H groups in total. The van der Waals surface area contributed by atoms with Crippen molar-refractivity contribution in [2.24, 2.45) is 5.10 Å². The Morgan fingerprint density at radius 2 is 1.82 bits per heavy atom. The number of carbonyl (C=O) groups is 1. The van der Waals surface area contributed by atoms with Crippen molar-refractivity contribution in [1.29, 1.82) is 0 Å². The van der Waals surface area contributed by atoms with Gasteiger partial charge in [-0.1, -0.05) is 24.3 Å². The highest BCUT2D eigenvalue weighted by Gasteiger charge is 2.10. The number of rotatable bonds is 7. The van der Waals surface area contributed by atoms with E-state index in [0.29, 0.717) is 17.2 Å². The van der Waals surface area contributed by atoms with Crippen LogP contribution >= 0.6 is 12.2 Å². The molecular weight excluding hydrogens is 444 g/mol. The number of carbonyl (C=O) groups excluding carboxylic acids is 1. The van der Waals surface area contributed by atoms with Gasteiger partial charge >= 0.3 is 0 Å². The number of aromatic nitrogens is 2. The van der Waals surface area contributed by atoms with Crippen LogP contribution < -0.4 is 16.1 Å². The fraction of sp³-hybridized carbons (Fsp3) is 0.154. The number of aryl methyl sites for hydroxylation is 1. The summed E-state index contributed by atoms with van der Waals surface area (Å²) >= 11 is 5.30. The van der Waals surface area contributed by atoms with E-state index in [1.165, 1.54) is 10.9 Å². The molecule has 0 aliphatic heterocycles. The van der Waals surface area contributed by atoms with E-state index in [2.05, 4.69) is 50.2 Å². The lowest BCUT2D eigenvalue weighted by molar-refractivity contribution is 0.0954. The zero-order chi connectivity index (χ0) is 23.9. The van der Waals surface area contributed by atoms with Crippen LogP contribution in [0.1, 0.15) is 34.2 Å². The van der Waals surface area contributed by atoms with Gasteiger partial charge in [-0.3, -0.25) is 15.2 Å². The van der Waals surface area contributed by atoms with Crippen molar-refractivity contribution < 1.29 is 4.79 Å². The average Bonchev–Trinajstić information content (AvgIpc) is 3.18. The number of benzene rings is 2. The molecule has 0 spiro atoms. The number of hydrogen-bond donors (Lipinski definition) is 4. The second-order valence-corrected chi connectivity index (χ2v) is 8.24. The molecule has 0 aliphatic rings. The molecule has 0 saturated carbocycles. The van der Waals surface area contributed by atoms with E-state index in [-0.39, 0.29) is 5.91 Å². The highest BCUT2D eigenvalue weighted by atomic mass is 32.1. The predicted octanol–water partition coefficient (Wildman–Crippen LogP) is 4.55. The summed E-state index contributed by atoms with van der Waals surface area (Å²) < 4.78 is 0. The fourth-order valence-corrected chi connectivity index (χ4v) is 3.86. The molecule has 4 rings (SSSR count). The molecule has 0 aliphatic carbocycles. The molecule has 0 bridgehead atoms. The summed E-state index contributed by atoms with van der Waals surface area (Å²) in [5.41, 5.74) is 9.14. The van der Waals surface area contributed by atoms with E-state index >= 15 is 0 Å². The van der Waals surface area contributed by atoms with Crippen LogP contribution in [-0.4, -0.2) is 33.2 Å². The van der Waals surface area contributed by atoms with Crippen molar-refractivity contribution in [3.8, 4) is 0 Å². The lowest BCUT2D eigenvalue weighted by Crippen LogP contribution is -2.26. The summed E-state index contributed by atoms with van der Waals surface area (Å²) in [6.07, 6.45) is 2.48. The SMILES string of the molecule is C/C(=N\NC(=S)Nc1ccc(C(=O)NCCc2c(C)[nH]c3ccccc23)cc1)c1ccccn1. The standard InChI is InChI=1S/C26H26N6OS/c1-17-21(22-7-3-4-9-24(22)29-17)14-16-28-25(33)19-10-12-20(13-11-19)30-26(34)32-31-18(2)23-8-5-6-15-27-23/h3-13,15,29H,14,16H2,1-2H3,(H,28,33)(H2,30,32,34)/b31-18+. The Balaban J connectivity index is 1.27. The molecule has 0 fully saturated rings. The Bertz CT molecular complexity index is 1330. The highest BCUT2D eigenvalue weighted by molar-refractivity contribution is 7.80. The van der Waals surface area contributed by atoms with E-state index in [1.54, 1.807) is 18.3 Å². The van der Waals surface area contributed by atoms with Crippen LogP contribution in [0, 0.1) is 6.92 Å². The number of amides is 1. The Morgan fingerprint density at radius 1 is 1.06 bits per heavy atom. The van der Waals surface area contributed by atoms with E-state index in [0.717, 1.165) is 34.7 Å². The van der Waals surface area contributed by atoms with E-state index in [4.69, 9.17) is 12.2 Å². The Labute approximate surface area is 203 Å². The van der Waals surface area contributed by atoms with Gasteiger partial charge in [0, 0.05) is 40.6 Å². The van der Waals surface area contributed by atoms with Gasteiger partial charge in [-0.25, -0.2) is 0 Å². The number of aromatic amines is 1. The molecule has 34 heavy (non-hydrogen) atoms. The Hall–Kier alpha value is -4.04. The van der Waals surface area contributed by atoms with Gasteiger partial charge in [0.25, 0.3) is 5.91 Å². The number of pyridine rings is 1. The van der Waals surface area contributed by atoms with Gasteiger partial charge in [-0.2, -0.15) is 5.10 Å². The van der Waals surface area contributed by atoms with Crippen LogP contribution in [0.4, 0.5) is 5.69 Å². The number of para-hydroxylation sites is 1. The zero-order valence-electron chi connectivity index (χ0n) is 19.1. The number of H-pyrrole nitrogens is 1. The smallest absolute Gasteiger partial charge is 0.251 e. The monoisotopic (exact) mass is 470 g/mol. The van der Waals surface area contributed by atoms with Gasteiger partial charge in [0.2, 0.25) is 0 Å². The fourth-order valence-electron chi connectivity index (χ4n) is 3.69. The number of hydrogen-bond acceptors (Lipinski definition) is 4. The number of nitrogens with zero attached hydrogens (tertiary/aromatic N) is 2. The van der Waals surface area contributed by atoms with Crippen molar-refractivity contribution in [1.82, 2.24) is 20.7 Å². The quantitative estimate of drug-likeness (QED) is 0.181. The number of anilines is 1. The first-order valence-electron chi connectivity index (χ1n) is 11.0. The van der Waals surface area contributed by atoms with Crippen LogP contribution in [0.2, 0.25) is 0 Å². The molecular formula is C26H26N6OS. The molecule has 2 heterocycles. The van der Waals surface area contributed by atoms with Gasteiger partial charge in [-0.15, -0.1) is 0 Å². The minimum absolute atomic E-state index is 0.111. The third-order valence-corrected chi connectivity index (χ3v) is 5.65. The minimum Gasteiger partial charge on any atom is -0.358 e. The molecule has 8 heteroatoms. The molecule has 0 radical (unpaired) electrons. The number of nitrogens with one attached hydrogen (secondary N) is 4. The Morgan fingerprint density at radius 3 is 2.59 bits per heavy atom. The van der Waals surface area contributed by atoms with Crippen LogP contribution in [0.5, 0.6) is 0 Å². The second kappa shape index (κ2) is 10.7. The third-order valence-electron chi connectivity index (χ3n) is 5.45. The molecule has 0 unspecified atom stereocenters. The lowest BCUT2D eigenvalue weighted by atomic mass is 10.1. The molecule has 2 aromatic heterocycles. The van der Waals surface area contributed by atoms with E-state index in [1.807, 2.05) is 49.4 Å². The maximum Gasteiger partial charge on any atom is 0.251 e. The first-order chi connectivity index (χ1) is 16.5. The molecule has 0 saturated heterocycles. The van der Waals surface area contributed by atoms with Crippen molar-refractivity contribution in [3.63, 3.8) is 0 Å². The number of fused-ring (bicyclic) bond motifs is 1. The van der Waals surface area contributed by atoms with Crippen LogP contribution in [-0.2, 0) is 6.42 Å². The molecule has 0 atom stereocenters. The third kappa shape index (κ3) is 5.65. The summed E-state index contributed by atoms with van der Waals surface area (Å²) in [5.74, 6) is -0.111. The summed E-state index contributed by atoms with van der Waals surface area (Å²) in [6, 6.07) is 21.0. The lowest BCUT2D eigenvalue weighted by Gasteiger charge is -2.09. The maximum absolute atomic E-state index is 12.6. The van der Waals surface area contributed by atoms with Crippen LogP contribution in [0.3, 0.4) is 0 Å². The topological polar surface area (TPSA) is 94.2 Å². The van der Waals surface area contributed by atoms with E-state index < -0.39 is 0 Å². The Kier molecular flexibility index (Phi) is 7.29. The first kappa shape index (κ1) is 23.1. The van der Waals surface area contributed by atoms with Crippen LogP contribution in [0.25, 0.3) is 10.9 Å². The molecule has 1 amide bonds. The maximum atomic E-state index is 12.6. The number of hydrazone groups is 1. The van der Waals surface area contributed by atoms with Crippen molar-refractivity contribution >= 4 is 45.5 Å². The minimum atomic E-state index is -0.111. The van der Waals surface area contributed by atoms with Crippen molar-refractivity contribution in [2.75, 3.05) is 11.9 Å². The average molecular weight is 471 g/mol. The van der Waals surface area contributed by atoms with Gasteiger partial charge < -0.3 is 15.6 Å². The molecule has 7 nitrogen and oxygen atoms in total. The summed E-state index contributed by atoms with van der Waals surface area (Å²) in [5, 5.41) is 11.9. The summed E-state index contributed by atoms with van der Waals surface area (Å²) in [6.45, 7) is 4.47. The van der Waals surface area contributed by atoms with Gasteiger partial charge in [0.1, 0.15) is 0 Å². The molecule has 2 aromatic carbocycles. The van der Waals surface area contributed by atoms with Crippen LogP contribution in [0.15, 0.2) is 78.0 Å². The normalized spacial score (nSPS) is 11.3. The van der Waals surface area contributed by atoms with Crippen molar-refractivity contribution in [3.05, 3.63) is 95.4 Å². The van der Waals surface area contributed by atoms with Gasteiger partial charge in [0.05, 0.1) is 11.4 Å². The highest BCUT2D eigenvalue weighted by Crippen LogP contribution is 2.22. The molecule has 172 valence electrons. The van der Waals surface area contributed by atoms with E-state index in [9.17, 15) is 4.79 Å². The van der Waals surface area contributed by atoms with Gasteiger partial charge in [0.15, 0.2) is 5.11 Å². The largest absolute Gasteiger partial charge is 0.358 e. The summed E-state index contributed by atoms with van der Waals surface area (Å²) in [7, 11) is 0. The predicted molar refractivity (Wildman–Crippen MR) is 141 cm³/mol. The first-order valence-corrected chi connectivity index (χ1v) is 11.4. The second-order valence-electron chi connectivity index (χ2n) is 7.84. The van der Waals surface area contributed by atoms with Gasteiger partial charge in [-0.05, 0) is 80.5 Å². The molecule has 4 aromatic rings. The zero-order valence-corrected chi connectivity index (χ0v) is 19.9. The van der Waals surface area contributed by atoms with Crippen molar-refractivity contribution in [2.45, 2.75) is 20.3 Å². The number of thiocarbonyl (C=S) groups is 1.